The summed E-state index contributed by atoms with van der Waals surface area (Å²) in [6, 6.07) is 19.1. The number of nitrogens with zero attached hydrogens (tertiary/aromatic N) is 4. The zero-order valence-electron chi connectivity index (χ0n) is 22.6. The maximum atomic E-state index is 14.2. The SMILES string of the molecule is COc1cccc([C@H](C(=O)NC(C)(C)C)N(C(=O)Cn2nnc3ccccc32)c2ccc(C)cc2)c1OC. The van der Waals surface area contributed by atoms with E-state index in [0.717, 1.165) is 11.1 Å². The zero-order valence-corrected chi connectivity index (χ0v) is 22.6. The van der Waals surface area contributed by atoms with Crippen LogP contribution in [0.1, 0.15) is 37.9 Å². The van der Waals surface area contributed by atoms with Crippen LogP contribution in [-0.2, 0) is 16.1 Å². The molecule has 0 bridgehead atoms. The summed E-state index contributed by atoms with van der Waals surface area (Å²) in [6.07, 6.45) is 0. The number of hydrogen-bond donors (Lipinski definition) is 1. The highest BCUT2D eigenvalue weighted by Crippen LogP contribution is 2.39. The molecule has 0 unspecified atom stereocenters. The van der Waals surface area contributed by atoms with Gasteiger partial charge in [0, 0.05) is 16.8 Å². The highest BCUT2D eigenvalue weighted by molar-refractivity contribution is 6.02. The molecule has 0 aliphatic carbocycles. The maximum Gasteiger partial charge on any atom is 0.249 e. The third-order valence-electron chi connectivity index (χ3n) is 6.02. The number of benzene rings is 3. The second-order valence-corrected chi connectivity index (χ2v) is 10.1. The lowest BCUT2D eigenvalue weighted by atomic mass is 9.99. The molecule has 1 atom stereocenters. The monoisotopic (exact) mass is 515 g/mol. The van der Waals surface area contributed by atoms with Gasteiger partial charge in [-0.2, -0.15) is 0 Å². The molecule has 0 aliphatic heterocycles. The summed E-state index contributed by atoms with van der Waals surface area (Å²) in [5.74, 6) is 0.127. The molecule has 4 aromatic rings. The fourth-order valence-electron chi connectivity index (χ4n) is 4.34. The van der Waals surface area contributed by atoms with Gasteiger partial charge in [-0.3, -0.25) is 14.5 Å². The Morgan fingerprint density at radius 3 is 2.34 bits per heavy atom. The van der Waals surface area contributed by atoms with Crippen LogP contribution in [0.15, 0.2) is 66.7 Å². The predicted octanol–water partition coefficient (Wildman–Crippen LogP) is 4.45. The summed E-state index contributed by atoms with van der Waals surface area (Å²) in [5, 5.41) is 11.4. The van der Waals surface area contributed by atoms with Gasteiger partial charge in [0.1, 0.15) is 18.1 Å². The summed E-state index contributed by atoms with van der Waals surface area (Å²) >= 11 is 0. The van der Waals surface area contributed by atoms with Crippen molar-refractivity contribution < 1.29 is 19.1 Å². The van der Waals surface area contributed by atoms with Crippen molar-refractivity contribution in [3.05, 3.63) is 77.9 Å². The first-order chi connectivity index (χ1) is 18.1. The Balaban J connectivity index is 1.89. The molecule has 0 radical (unpaired) electrons. The van der Waals surface area contributed by atoms with Gasteiger partial charge in [0.05, 0.1) is 19.7 Å². The minimum absolute atomic E-state index is 0.125. The van der Waals surface area contributed by atoms with Gasteiger partial charge in [0.25, 0.3) is 0 Å². The fraction of sp³-hybridized carbons (Fsp3) is 0.310. The van der Waals surface area contributed by atoms with Crippen LogP contribution in [0.25, 0.3) is 11.0 Å². The van der Waals surface area contributed by atoms with Crippen LogP contribution in [0.2, 0.25) is 0 Å². The van der Waals surface area contributed by atoms with Crippen molar-refractivity contribution in [3.8, 4) is 11.5 Å². The quantitative estimate of drug-likeness (QED) is 0.372. The van der Waals surface area contributed by atoms with Crippen LogP contribution < -0.4 is 19.7 Å². The Morgan fingerprint density at radius 2 is 1.68 bits per heavy atom. The lowest BCUT2D eigenvalue weighted by Gasteiger charge is -2.34. The summed E-state index contributed by atoms with van der Waals surface area (Å²) in [7, 11) is 3.05. The van der Waals surface area contributed by atoms with E-state index >= 15 is 0 Å². The Labute approximate surface area is 222 Å². The summed E-state index contributed by atoms with van der Waals surface area (Å²) in [5.41, 5.74) is 2.93. The van der Waals surface area contributed by atoms with E-state index in [4.69, 9.17) is 9.47 Å². The summed E-state index contributed by atoms with van der Waals surface area (Å²) < 4.78 is 12.8. The first-order valence-electron chi connectivity index (χ1n) is 12.3. The van der Waals surface area contributed by atoms with E-state index in [0.29, 0.717) is 28.3 Å². The molecule has 0 aliphatic rings. The molecule has 0 saturated carbocycles. The number of ether oxygens (including phenoxy) is 2. The van der Waals surface area contributed by atoms with Gasteiger partial charge in [-0.25, -0.2) is 4.68 Å². The average molecular weight is 516 g/mol. The lowest BCUT2D eigenvalue weighted by molar-refractivity contribution is -0.128. The van der Waals surface area contributed by atoms with Crippen LogP contribution in [0, 0.1) is 6.92 Å². The van der Waals surface area contributed by atoms with Crippen molar-refractivity contribution in [1.29, 1.82) is 0 Å². The van der Waals surface area contributed by atoms with E-state index in [-0.39, 0.29) is 18.4 Å². The van der Waals surface area contributed by atoms with Crippen LogP contribution in [0.5, 0.6) is 11.5 Å². The number of rotatable bonds is 8. The number of carbonyl (C=O) groups is 2. The molecule has 0 fully saturated rings. The average Bonchev–Trinajstić information content (AvgIpc) is 3.29. The van der Waals surface area contributed by atoms with Crippen LogP contribution >= 0.6 is 0 Å². The number of para-hydroxylation sites is 2. The van der Waals surface area contributed by atoms with E-state index in [9.17, 15) is 9.59 Å². The van der Waals surface area contributed by atoms with Gasteiger partial charge in [0.2, 0.25) is 11.8 Å². The number of carbonyl (C=O) groups excluding carboxylic acids is 2. The molecule has 1 N–H and O–H groups in total. The summed E-state index contributed by atoms with van der Waals surface area (Å²) in [4.78, 5) is 29.7. The van der Waals surface area contributed by atoms with E-state index in [1.807, 2.05) is 76.2 Å². The van der Waals surface area contributed by atoms with Gasteiger partial charge in [0.15, 0.2) is 11.5 Å². The van der Waals surface area contributed by atoms with Gasteiger partial charge in [-0.05, 0) is 58.0 Å². The van der Waals surface area contributed by atoms with Crippen LogP contribution in [0.3, 0.4) is 0 Å². The van der Waals surface area contributed by atoms with Crippen molar-refractivity contribution in [3.63, 3.8) is 0 Å². The molecule has 0 spiro atoms. The first-order valence-corrected chi connectivity index (χ1v) is 12.3. The number of fused-ring (bicyclic) bond motifs is 1. The van der Waals surface area contributed by atoms with Crippen molar-refractivity contribution in [2.75, 3.05) is 19.1 Å². The number of aryl methyl sites for hydroxylation is 1. The van der Waals surface area contributed by atoms with Gasteiger partial charge in [-0.1, -0.05) is 47.2 Å². The highest BCUT2D eigenvalue weighted by atomic mass is 16.5. The minimum atomic E-state index is -1.07. The molecule has 1 aromatic heterocycles. The number of hydrogen-bond acceptors (Lipinski definition) is 6. The lowest BCUT2D eigenvalue weighted by Crippen LogP contribution is -2.50. The van der Waals surface area contributed by atoms with Gasteiger partial charge < -0.3 is 14.8 Å². The maximum absolute atomic E-state index is 14.2. The predicted molar refractivity (Wildman–Crippen MR) is 146 cm³/mol. The molecule has 9 heteroatoms. The second-order valence-electron chi connectivity index (χ2n) is 10.1. The van der Waals surface area contributed by atoms with Crippen molar-refractivity contribution >= 4 is 28.5 Å². The first kappa shape index (κ1) is 26.7. The molecule has 198 valence electrons. The second kappa shape index (κ2) is 10.9. The Morgan fingerprint density at radius 1 is 0.974 bits per heavy atom. The Kier molecular flexibility index (Phi) is 7.66. The smallest absolute Gasteiger partial charge is 0.249 e. The Hall–Kier alpha value is -4.40. The Bertz CT molecular complexity index is 1440. The van der Waals surface area contributed by atoms with Gasteiger partial charge >= 0.3 is 0 Å². The van der Waals surface area contributed by atoms with E-state index in [1.165, 1.54) is 19.1 Å². The third-order valence-corrected chi connectivity index (χ3v) is 6.02. The topological polar surface area (TPSA) is 98.6 Å². The number of methoxy groups -OCH3 is 2. The number of aromatic nitrogens is 3. The van der Waals surface area contributed by atoms with E-state index < -0.39 is 11.6 Å². The van der Waals surface area contributed by atoms with Crippen LogP contribution in [-0.4, -0.2) is 46.6 Å². The van der Waals surface area contributed by atoms with Crippen LogP contribution in [0.4, 0.5) is 5.69 Å². The number of nitrogens with one attached hydrogen (secondary N) is 1. The fourth-order valence-corrected chi connectivity index (χ4v) is 4.34. The standard InChI is InChI=1S/C29H33N5O4/c1-19-14-16-20(17-15-19)34(25(35)18-33-23-12-8-7-11-22(23)31-32-33)26(28(36)30-29(2,3)4)21-10-9-13-24(37-5)27(21)38-6/h7-17,26H,18H2,1-6H3,(H,30,36)/t26-/m1/s1. The molecule has 38 heavy (non-hydrogen) atoms. The molecule has 1 heterocycles. The molecule has 3 aromatic carbocycles. The molecule has 9 nitrogen and oxygen atoms in total. The van der Waals surface area contributed by atoms with Gasteiger partial charge in [-0.15, -0.1) is 5.10 Å². The molecule has 4 rings (SSSR count). The highest BCUT2D eigenvalue weighted by Gasteiger charge is 2.37. The van der Waals surface area contributed by atoms with E-state index in [1.54, 1.807) is 22.9 Å². The van der Waals surface area contributed by atoms with Crippen molar-refractivity contribution in [2.45, 2.75) is 45.8 Å². The van der Waals surface area contributed by atoms with E-state index in [2.05, 4.69) is 15.6 Å². The summed E-state index contributed by atoms with van der Waals surface area (Å²) in [6.45, 7) is 7.52. The number of amides is 2. The normalized spacial score (nSPS) is 12.2. The number of anilines is 1. The molecular formula is C29H33N5O4. The largest absolute Gasteiger partial charge is 0.493 e. The zero-order chi connectivity index (χ0) is 27.4. The minimum Gasteiger partial charge on any atom is -0.493 e. The molecule has 2 amide bonds. The van der Waals surface area contributed by atoms with Crippen molar-refractivity contribution in [1.82, 2.24) is 20.3 Å². The van der Waals surface area contributed by atoms with Crippen molar-refractivity contribution in [2.24, 2.45) is 0 Å². The third kappa shape index (κ3) is 5.61. The molecular weight excluding hydrogens is 482 g/mol. The molecule has 0 saturated heterocycles.